The van der Waals surface area contributed by atoms with Gasteiger partial charge in [-0.05, 0) is 43.4 Å². The fraction of sp³-hybridized carbons (Fsp3) is 0.214. The van der Waals surface area contributed by atoms with Crippen LogP contribution in [0.25, 0.3) is 10.1 Å². The Morgan fingerprint density at radius 1 is 1.37 bits per heavy atom. The van der Waals surface area contributed by atoms with Crippen molar-refractivity contribution in [2.24, 2.45) is 5.73 Å². The van der Waals surface area contributed by atoms with Crippen molar-refractivity contribution in [3.05, 3.63) is 46.4 Å². The maximum absolute atomic E-state index is 7.48. The number of allylic oxidation sites excluding steroid dienone is 2. The summed E-state index contributed by atoms with van der Waals surface area (Å²) in [6, 6.07) is 8.31. The van der Waals surface area contributed by atoms with Gasteiger partial charge in [-0.2, -0.15) is 0 Å². The average Bonchev–Trinajstić information content (AvgIpc) is 2.70. The molecule has 5 N–H and O–H groups in total. The first-order valence-corrected chi connectivity index (χ1v) is 6.39. The molecule has 1 heterocycles. The number of nitrogen functional groups attached to an aromatic ring is 1. The summed E-state index contributed by atoms with van der Waals surface area (Å²) in [5.41, 5.74) is 8.15. The zero-order chi connectivity index (χ0) is 12.4. The van der Waals surface area contributed by atoms with Crippen molar-refractivity contribution in [2.45, 2.75) is 20.3 Å². The van der Waals surface area contributed by atoms with Crippen LogP contribution in [0.15, 0.2) is 35.9 Å². The molecule has 1 aromatic carbocycles. The molecule has 0 amide bonds. The van der Waals surface area contributed by atoms with Crippen LogP contribution in [0.5, 0.6) is 0 Å². The lowest BCUT2D eigenvalue weighted by Gasteiger charge is -1.99. The van der Waals surface area contributed by atoms with Gasteiger partial charge in [0.25, 0.3) is 0 Å². The maximum Gasteiger partial charge on any atom is 0.133 e. The zero-order valence-electron chi connectivity index (χ0n) is 11.0. The summed E-state index contributed by atoms with van der Waals surface area (Å²) in [5.74, 6) is 0.152. The molecule has 104 valence electrons. The van der Waals surface area contributed by atoms with Gasteiger partial charge in [0.1, 0.15) is 5.84 Å². The van der Waals surface area contributed by atoms with Gasteiger partial charge >= 0.3 is 0 Å². The van der Waals surface area contributed by atoms with Gasteiger partial charge in [0.15, 0.2) is 0 Å². The van der Waals surface area contributed by atoms with E-state index in [0.717, 1.165) is 11.3 Å². The quantitative estimate of drug-likeness (QED) is 0.509. The normalized spacial score (nSPS) is 9.37. The van der Waals surface area contributed by atoms with Gasteiger partial charge in [0.2, 0.25) is 0 Å². The Morgan fingerprint density at radius 3 is 2.63 bits per heavy atom. The molecule has 5 heteroatoms. The van der Waals surface area contributed by atoms with Gasteiger partial charge in [-0.25, -0.2) is 0 Å². The number of rotatable bonds is 3. The molecule has 2 aromatic rings. The van der Waals surface area contributed by atoms with Crippen LogP contribution in [0.3, 0.4) is 0 Å². The molecular weight excluding hydrogens is 280 g/mol. The minimum absolute atomic E-state index is 0. The largest absolute Gasteiger partial charge is 0.412 e. The van der Waals surface area contributed by atoms with Crippen LogP contribution in [0.1, 0.15) is 24.3 Å². The van der Waals surface area contributed by atoms with E-state index in [-0.39, 0.29) is 23.7 Å². The average molecular weight is 299 g/mol. The topological polar surface area (TPSA) is 81.4 Å². The molecule has 0 bridgehead atoms. The van der Waals surface area contributed by atoms with Crippen LogP contribution in [-0.2, 0) is 6.42 Å². The summed E-state index contributed by atoms with van der Waals surface area (Å²) in [6.45, 7) is 4.21. The molecule has 19 heavy (non-hydrogen) atoms. The minimum atomic E-state index is 0. The number of hydrogen-bond donors (Lipinski definition) is 2. The Balaban J connectivity index is 0.00000162. The van der Waals surface area contributed by atoms with E-state index in [1.54, 1.807) is 11.3 Å². The van der Waals surface area contributed by atoms with E-state index in [2.05, 4.69) is 38.1 Å². The molecule has 0 saturated heterocycles. The first-order chi connectivity index (χ1) is 8.08. The molecule has 3 nitrogen and oxygen atoms in total. The summed E-state index contributed by atoms with van der Waals surface area (Å²) in [7, 11) is 0. The van der Waals surface area contributed by atoms with E-state index in [4.69, 9.17) is 11.1 Å². The summed E-state index contributed by atoms with van der Waals surface area (Å²) in [5, 5.41) is 8.71. The zero-order valence-corrected chi connectivity index (χ0v) is 12.6. The third-order valence-corrected chi connectivity index (χ3v) is 3.78. The Labute approximate surface area is 123 Å². The molecule has 0 atom stereocenters. The Hall–Kier alpha value is -1.36. The summed E-state index contributed by atoms with van der Waals surface area (Å²) in [4.78, 5) is 0.852. The highest BCUT2D eigenvalue weighted by atomic mass is 35.5. The highest BCUT2D eigenvalue weighted by molar-refractivity contribution is 7.20. The number of thiophene rings is 1. The maximum atomic E-state index is 7.48. The molecule has 2 rings (SSSR count). The Kier molecular flexibility index (Phi) is 6.76. The number of halogens is 1. The van der Waals surface area contributed by atoms with Crippen molar-refractivity contribution in [1.82, 2.24) is 0 Å². The SMILES string of the molecule is CC(C)=CCc1cccc2sc(C(=N)N)cc12.Cl.O. The van der Waals surface area contributed by atoms with Crippen molar-refractivity contribution >= 4 is 39.7 Å². The fourth-order valence-corrected chi connectivity index (χ4v) is 2.72. The fourth-order valence-electron chi connectivity index (χ4n) is 1.75. The number of benzene rings is 1. The van der Waals surface area contributed by atoms with Crippen molar-refractivity contribution in [2.75, 3.05) is 0 Å². The van der Waals surface area contributed by atoms with Crippen LogP contribution in [0.4, 0.5) is 0 Å². The smallest absolute Gasteiger partial charge is 0.133 e. The van der Waals surface area contributed by atoms with Crippen LogP contribution in [0.2, 0.25) is 0 Å². The highest BCUT2D eigenvalue weighted by Crippen LogP contribution is 2.28. The van der Waals surface area contributed by atoms with Gasteiger partial charge in [-0.1, -0.05) is 23.8 Å². The molecular formula is C14H19ClN2OS. The van der Waals surface area contributed by atoms with Gasteiger partial charge in [0, 0.05) is 4.70 Å². The first kappa shape index (κ1) is 17.6. The van der Waals surface area contributed by atoms with Gasteiger partial charge < -0.3 is 11.2 Å². The number of hydrogen-bond acceptors (Lipinski definition) is 2. The molecule has 0 fully saturated rings. The van der Waals surface area contributed by atoms with Crippen molar-refractivity contribution in [1.29, 1.82) is 5.41 Å². The lowest BCUT2D eigenvalue weighted by Crippen LogP contribution is -2.08. The van der Waals surface area contributed by atoms with Crippen molar-refractivity contribution in [3.8, 4) is 0 Å². The van der Waals surface area contributed by atoms with E-state index < -0.39 is 0 Å². The molecule has 0 aliphatic heterocycles. The highest BCUT2D eigenvalue weighted by Gasteiger charge is 2.06. The van der Waals surface area contributed by atoms with Gasteiger partial charge in [0.05, 0.1) is 4.88 Å². The third kappa shape index (κ3) is 4.06. The van der Waals surface area contributed by atoms with Crippen LogP contribution in [0, 0.1) is 5.41 Å². The van der Waals surface area contributed by atoms with Crippen LogP contribution in [-0.4, -0.2) is 11.3 Å². The van der Waals surface area contributed by atoms with E-state index in [0.29, 0.717) is 0 Å². The van der Waals surface area contributed by atoms with Crippen LogP contribution < -0.4 is 5.73 Å². The second kappa shape index (κ2) is 7.28. The molecule has 0 radical (unpaired) electrons. The lowest BCUT2D eigenvalue weighted by atomic mass is 10.1. The second-order valence-electron chi connectivity index (χ2n) is 4.34. The first-order valence-electron chi connectivity index (χ1n) is 5.57. The predicted molar refractivity (Wildman–Crippen MR) is 86.8 cm³/mol. The minimum Gasteiger partial charge on any atom is -0.412 e. The number of nitrogens with two attached hydrogens (primary N) is 1. The summed E-state index contributed by atoms with van der Waals surface area (Å²) < 4.78 is 1.20. The van der Waals surface area contributed by atoms with E-state index in [1.165, 1.54) is 21.2 Å². The second-order valence-corrected chi connectivity index (χ2v) is 5.42. The van der Waals surface area contributed by atoms with Crippen molar-refractivity contribution < 1.29 is 5.48 Å². The van der Waals surface area contributed by atoms with Crippen molar-refractivity contribution in [3.63, 3.8) is 0 Å². The third-order valence-electron chi connectivity index (χ3n) is 2.65. The molecule has 0 saturated carbocycles. The number of fused-ring (bicyclic) bond motifs is 1. The summed E-state index contributed by atoms with van der Waals surface area (Å²) >= 11 is 1.58. The molecule has 1 aromatic heterocycles. The number of amidine groups is 1. The molecule has 0 spiro atoms. The Morgan fingerprint density at radius 2 is 2.05 bits per heavy atom. The van der Waals surface area contributed by atoms with E-state index in [1.807, 2.05) is 6.07 Å². The monoisotopic (exact) mass is 298 g/mol. The number of nitrogens with one attached hydrogen (secondary N) is 1. The van der Waals surface area contributed by atoms with E-state index >= 15 is 0 Å². The van der Waals surface area contributed by atoms with Gasteiger partial charge in [-0.15, -0.1) is 23.7 Å². The van der Waals surface area contributed by atoms with Crippen LogP contribution >= 0.6 is 23.7 Å². The summed E-state index contributed by atoms with van der Waals surface area (Å²) in [6.07, 6.45) is 3.16. The van der Waals surface area contributed by atoms with Gasteiger partial charge in [-0.3, -0.25) is 5.41 Å². The standard InChI is InChI=1S/C14H16N2S.ClH.H2O/c1-9(2)6-7-10-4-3-5-12-11(10)8-13(17-12)14(15)16;;/h3-6,8H,7H2,1-2H3,(H3,15,16);1H;1H2. The molecule has 0 unspecified atom stereocenters. The molecule has 0 aliphatic carbocycles. The van der Waals surface area contributed by atoms with E-state index in [9.17, 15) is 0 Å². The lowest BCUT2D eigenvalue weighted by molar-refractivity contribution is 0.824. The molecule has 0 aliphatic rings. The predicted octanol–water partition coefficient (Wildman–Crippen LogP) is 3.29. The Bertz CT molecular complexity index is 601.